The minimum atomic E-state index is -0.844. The van der Waals surface area contributed by atoms with E-state index in [0.29, 0.717) is 11.0 Å². The van der Waals surface area contributed by atoms with E-state index in [0.717, 1.165) is 36.5 Å². The van der Waals surface area contributed by atoms with E-state index in [1.807, 2.05) is 25.1 Å². The van der Waals surface area contributed by atoms with Gasteiger partial charge >= 0.3 is 5.97 Å². The molecule has 0 fully saturated rings. The maximum absolute atomic E-state index is 12.3. The van der Waals surface area contributed by atoms with Crippen LogP contribution in [-0.4, -0.2) is 18.5 Å². The monoisotopic (exact) mass is 391 g/mol. The average molecular weight is 391 g/mol. The van der Waals surface area contributed by atoms with Crippen molar-refractivity contribution >= 4 is 22.8 Å². The highest BCUT2D eigenvalue weighted by atomic mass is 16.5. The maximum Gasteiger partial charge on any atom is 0.374 e. The molecule has 0 unspecified atom stereocenters. The molecule has 1 amide bonds. The van der Waals surface area contributed by atoms with Crippen LogP contribution >= 0.6 is 0 Å². The molecule has 0 saturated carbocycles. The molecular weight excluding hydrogens is 370 g/mol. The summed E-state index contributed by atoms with van der Waals surface area (Å²) in [5.74, 6) is -1.45. The van der Waals surface area contributed by atoms with E-state index < -0.39 is 12.6 Å². The molecule has 2 aromatic carbocycles. The highest BCUT2D eigenvalue weighted by Crippen LogP contribution is 2.29. The summed E-state index contributed by atoms with van der Waals surface area (Å²) in [6, 6.07) is 14.1. The van der Waals surface area contributed by atoms with Gasteiger partial charge in [-0.3, -0.25) is 9.59 Å². The van der Waals surface area contributed by atoms with E-state index in [1.165, 1.54) is 5.56 Å². The fourth-order valence-electron chi connectivity index (χ4n) is 3.71. The molecular formula is C23H21NO5. The first-order valence-corrected chi connectivity index (χ1v) is 9.60. The van der Waals surface area contributed by atoms with Gasteiger partial charge in [0, 0.05) is 6.07 Å². The molecule has 4 rings (SSSR count). The van der Waals surface area contributed by atoms with Crippen molar-refractivity contribution in [1.82, 2.24) is 5.32 Å². The van der Waals surface area contributed by atoms with Crippen molar-refractivity contribution in [3.63, 3.8) is 0 Å². The van der Waals surface area contributed by atoms with E-state index in [-0.39, 0.29) is 23.1 Å². The SMILES string of the molecule is Cc1ccc2oc(C(=O)OCC(=O)N[C@@H]3CCCc4ccccc43)cc(=O)c2c1. The molecule has 0 aliphatic heterocycles. The van der Waals surface area contributed by atoms with E-state index in [9.17, 15) is 14.4 Å². The summed E-state index contributed by atoms with van der Waals surface area (Å²) in [5, 5.41) is 3.32. The van der Waals surface area contributed by atoms with Crippen molar-refractivity contribution in [2.24, 2.45) is 0 Å². The number of fused-ring (bicyclic) bond motifs is 2. The maximum atomic E-state index is 12.3. The number of amides is 1. The number of benzene rings is 2. The number of hydrogen-bond acceptors (Lipinski definition) is 5. The Balaban J connectivity index is 1.41. The first kappa shape index (κ1) is 18.9. The number of carbonyl (C=O) groups is 2. The van der Waals surface area contributed by atoms with Crippen LogP contribution in [0.4, 0.5) is 0 Å². The Hall–Kier alpha value is -3.41. The first-order valence-electron chi connectivity index (χ1n) is 9.60. The molecule has 0 radical (unpaired) electrons. The third-order valence-electron chi connectivity index (χ3n) is 5.12. The number of hydrogen-bond donors (Lipinski definition) is 1. The zero-order valence-electron chi connectivity index (χ0n) is 16.1. The van der Waals surface area contributed by atoms with E-state index in [2.05, 4.69) is 11.4 Å². The van der Waals surface area contributed by atoms with Crippen LogP contribution in [0, 0.1) is 6.92 Å². The number of rotatable bonds is 4. The molecule has 29 heavy (non-hydrogen) atoms. The van der Waals surface area contributed by atoms with Crippen LogP contribution in [0.15, 0.2) is 57.7 Å². The van der Waals surface area contributed by atoms with Crippen LogP contribution < -0.4 is 10.7 Å². The predicted molar refractivity (Wildman–Crippen MR) is 108 cm³/mol. The topological polar surface area (TPSA) is 85.6 Å². The Labute approximate surface area is 167 Å². The summed E-state index contributed by atoms with van der Waals surface area (Å²) in [4.78, 5) is 36.8. The Morgan fingerprint density at radius 2 is 2.00 bits per heavy atom. The molecule has 6 heteroatoms. The van der Waals surface area contributed by atoms with Gasteiger partial charge in [-0.25, -0.2) is 4.79 Å². The van der Waals surface area contributed by atoms with E-state index >= 15 is 0 Å². The van der Waals surface area contributed by atoms with Crippen molar-refractivity contribution in [1.29, 1.82) is 0 Å². The molecule has 0 bridgehead atoms. The Kier molecular flexibility index (Phi) is 5.16. The second-order valence-corrected chi connectivity index (χ2v) is 7.26. The summed E-state index contributed by atoms with van der Waals surface area (Å²) in [5.41, 5.74) is 3.23. The van der Waals surface area contributed by atoms with E-state index in [4.69, 9.17) is 9.15 Å². The minimum Gasteiger partial charge on any atom is -0.450 e. The van der Waals surface area contributed by atoms with Gasteiger partial charge in [-0.2, -0.15) is 0 Å². The first-order chi connectivity index (χ1) is 14.0. The predicted octanol–water partition coefficient (Wildman–Crippen LogP) is 3.45. The average Bonchev–Trinajstić information content (AvgIpc) is 2.72. The Bertz CT molecular complexity index is 1150. The molecule has 1 heterocycles. The van der Waals surface area contributed by atoms with Gasteiger partial charge < -0.3 is 14.5 Å². The third kappa shape index (κ3) is 4.06. The van der Waals surface area contributed by atoms with Crippen molar-refractivity contribution in [3.05, 3.63) is 81.2 Å². The quantitative estimate of drug-likeness (QED) is 0.689. The standard InChI is InChI=1S/C23H21NO5/c1-14-9-10-20-17(11-14)19(25)12-21(29-20)23(27)28-13-22(26)24-18-8-4-6-15-5-2-3-7-16(15)18/h2-3,5,7,9-12,18H,4,6,8,13H2,1H3,(H,24,26)/t18-/m1/s1. The molecule has 1 N–H and O–H groups in total. The van der Waals surface area contributed by atoms with Gasteiger partial charge in [0.1, 0.15) is 5.58 Å². The summed E-state index contributed by atoms with van der Waals surface area (Å²) in [7, 11) is 0. The highest BCUT2D eigenvalue weighted by molar-refractivity contribution is 5.90. The summed E-state index contributed by atoms with van der Waals surface area (Å²) in [6.45, 7) is 1.43. The zero-order chi connectivity index (χ0) is 20.4. The Morgan fingerprint density at radius 3 is 2.86 bits per heavy atom. The second-order valence-electron chi connectivity index (χ2n) is 7.26. The largest absolute Gasteiger partial charge is 0.450 e. The lowest BCUT2D eigenvalue weighted by atomic mass is 9.88. The molecule has 1 aromatic heterocycles. The fourth-order valence-corrected chi connectivity index (χ4v) is 3.71. The fraction of sp³-hybridized carbons (Fsp3) is 0.261. The lowest BCUT2D eigenvalue weighted by Crippen LogP contribution is -2.34. The highest BCUT2D eigenvalue weighted by Gasteiger charge is 2.22. The third-order valence-corrected chi connectivity index (χ3v) is 5.12. The number of esters is 1. The van der Waals surface area contributed by atoms with Crippen molar-refractivity contribution in [3.8, 4) is 0 Å². The van der Waals surface area contributed by atoms with Gasteiger partial charge in [-0.1, -0.05) is 35.9 Å². The molecule has 148 valence electrons. The number of carbonyl (C=O) groups excluding carboxylic acids is 2. The molecule has 1 aliphatic carbocycles. The second kappa shape index (κ2) is 7.91. The van der Waals surface area contributed by atoms with E-state index in [1.54, 1.807) is 18.2 Å². The van der Waals surface area contributed by atoms with Crippen LogP contribution in [0.1, 0.15) is 46.1 Å². The smallest absolute Gasteiger partial charge is 0.374 e. The lowest BCUT2D eigenvalue weighted by molar-refractivity contribution is -0.125. The molecule has 1 aliphatic rings. The Morgan fingerprint density at radius 1 is 1.17 bits per heavy atom. The summed E-state index contributed by atoms with van der Waals surface area (Å²) >= 11 is 0. The molecule has 6 nitrogen and oxygen atoms in total. The van der Waals surface area contributed by atoms with Crippen LogP contribution in [-0.2, 0) is 16.0 Å². The number of nitrogens with one attached hydrogen (secondary N) is 1. The number of ether oxygens (including phenoxy) is 1. The summed E-state index contributed by atoms with van der Waals surface area (Å²) < 4.78 is 10.5. The molecule has 1 atom stereocenters. The van der Waals surface area contributed by atoms with Gasteiger partial charge in [0.05, 0.1) is 11.4 Å². The van der Waals surface area contributed by atoms with Crippen LogP contribution in [0.25, 0.3) is 11.0 Å². The van der Waals surface area contributed by atoms with Crippen molar-refractivity contribution in [2.75, 3.05) is 6.61 Å². The van der Waals surface area contributed by atoms with Gasteiger partial charge in [0.2, 0.25) is 5.76 Å². The zero-order valence-corrected chi connectivity index (χ0v) is 16.1. The van der Waals surface area contributed by atoms with Gasteiger partial charge in [0.25, 0.3) is 5.91 Å². The molecule has 0 saturated heterocycles. The lowest BCUT2D eigenvalue weighted by Gasteiger charge is -2.26. The van der Waals surface area contributed by atoms with Crippen molar-refractivity contribution in [2.45, 2.75) is 32.2 Å². The van der Waals surface area contributed by atoms with Gasteiger partial charge in [0.15, 0.2) is 12.0 Å². The molecule has 0 spiro atoms. The van der Waals surface area contributed by atoms with Crippen LogP contribution in [0.5, 0.6) is 0 Å². The number of aryl methyl sites for hydroxylation is 2. The van der Waals surface area contributed by atoms with Crippen molar-refractivity contribution < 1.29 is 18.7 Å². The van der Waals surface area contributed by atoms with Gasteiger partial charge in [-0.15, -0.1) is 0 Å². The van der Waals surface area contributed by atoms with Crippen LogP contribution in [0.2, 0.25) is 0 Å². The molecule has 3 aromatic rings. The normalized spacial score (nSPS) is 15.6. The van der Waals surface area contributed by atoms with Crippen LogP contribution in [0.3, 0.4) is 0 Å². The van der Waals surface area contributed by atoms with Gasteiger partial charge in [-0.05, 0) is 49.4 Å². The minimum absolute atomic E-state index is 0.0898. The summed E-state index contributed by atoms with van der Waals surface area (Å²) in [6.07, 6.45) is 2.83.